The maximum Gasteiger partial charge on any atom is 0.129 e. The maximum atomic E-state index is 13.9. The maximum absolute atomic E-state index is 13.9. The van der Waals surface area contributed by atoms with Gasteiger partial charge in [-0.2, -0.15) is 0 Å². The van der Waals surface area contributed by atoms with Crippen LogP contribution in [0.1, 0.15) is 41.3 Å². The third-order valence-corrected chi connectivity index (χ3v) is 4.47. The molecule has 0 saturated carbocycles. The summed E-state index contributed by atoms with van der Waals surface area (Å²) < 4.78 is 13.9. The molecule has 0 aliphatic rings. The van der Waals surface area contributed by atoms with Crippen LogP contribution in [0.4, 0.5) is 4.39 Å². The van der Waals surface area contributed by atoms with Crippen molar-refractivity contribution in [2.24, 2.45) is 0 Å². The fourth-order valence-electron chi connectivity index (χ4n) is 1.97. The molecule has 0 spiro atoms. The summed E-state index contributed by atoms with van der Waals surface area (Å²) in [5.41, 5.74) is 2.75. The van der Waals surface area contributed by atoms with Gasteiger partial charge in [0.15, 0.2) is 0 Å². The zero-order valence-electron chi connectivity index (χ0n) is 10.8. The van der Waals surface area contributed by atoms with Gasteiger partial charge in [-0.1, -0.05) is 71.7 Å². The number of alkyl halides is 1. The van der Waals surface area contributed by atoms with Crippen molar-refractivity contribution in [3.05, 3.63) is 70.0 Å². The lowest BCUT2D eigenvalue weighted by atomic mass is 9.98. The summed E-state index contributed by atoms with van der Waals surface area (Å²) in [7, 11) is 0. The van der Waals surface area contributed by atoms with Gasteiger partial charge in [0.2, 0.25) is 0 Å². The van der Waals surface area contributed by atoms with Crippen LogP contribution in [0, 0.1) is 5.82 Å². The molecule has 0 heterocycles. The molecule has 0 nitrogen and oxygen atoms in total. The van der Waals surface area contributed by atoms with Crippen molar-refractivity contribution in [3.63, 3.8) is 0 Å². The highest BCUT2D eigenvalue weighted by atomic mass is 79.9. The van der Waals surface area contributed by atoms with E-state index in [9.17, 15) is 4.39 Å². The highest BCUT2D eigenvalue weighted by Gasteiger charge is 2.18. The second kappa shape index (κ2) is 6.06. The summed E-state index contributed by atoms with van der Waals surface area (Å²) in [5.74, 6) is 0.196. The average molecular weight is 342 g/mol. The molecule has 1 atom stereocenters. The fourth-order valence-corrected chi connectivity index (χ4v) is 3.14. The molecular weight excluding hydrogens is 327 g/mol. The van der Waals surface area contributed by atoms with Gasteiger partial charge in [-0.15, -0.1) is 0 Å². The van der Waals surface area contributed by atoms with Gasteiger partial charge >= 0.3 is 0 Å². The second-order valence-corrected chi connectivity index (χ2v) is 6.14. The van der Waals surface area contributed by atoms with Crippen LogP contribution in [0.5, 0.6) is 0 Å². The zero-order chi connectivity index (χ0) is 14.0. The Kier molecular flexibility index (Phi) is 4.64. The molecule has 100 valence electrons. The minimum absolute atomic E-state index is 0.234. The lowest BCUT2D eigenvalue weighted by molar-refractivity contribution is 0.613. The first kappa shape index (κ1) is 14.5. The van der Waals surface area contributed by atoms with Crippen molar-refractivity contribution in [1.29, 1.82) is 0 Å². The van der Waals surface area contributed by atoms with Crippen molar-refractivity contribution >= 4 is 27.5 Å². The minimum Gasteiger partial charge on any atom is -0.207 e. The van der Waals surface area contributed by atoms with Crippen molar-refractivity contribution in [3.8, 4) is 0 Å². The van der Waals surface area contributed by atoms with E-state index in [0.717, 1.165) is 5.56 Å². The van der Waals surface area contributed by atoms with E-state index in [-0.39, 0.29) is 10.6 Å². The van der Waals surface area contributed by atoms with Crippen LogP contribution in [-0.4, -0.2) is 0 Å². The topological polar surface area (TPSA) is 0 Å². The summed E-state index contributed by atoms with van der Waals surface area (Å²) >= 11 is 9.62. The summed E-state index contributed by atoms with van der Waals surface area (Å²) in [6.07, 6.45) is 0. The summed E-state index contributed by atoms with van der Waals surface area (Å²) in [4.78, 5) is -0.234. The number of hydrogen-bond donors (Lipinski definition) is 0. The normalized spacial score (nSPS) is 12.7. The van der Waals surface area contributed by atoms with E-state index in [0.29, 0.717) is 16.5 Å². The van der Waals surface area contributed by atoms with Gasteiger partial charge in [0.25, 0.3) is 0 Å². The first-order valence-corrected chi connectivity index (χ1v) is 7.48. The van der Waals surface area contributed by atoms with Crippen LogP contribution < -0.4 is 0 Å². The predicted molar refractivity (Wildman–Crippen MR) is 82.7 cm³/mol. The van der Waals surface area contributed by atoms with Gasteiger partial charge in [0.05, 0.1) is 4.83 Å². The third-order valence-electron chi connectivity index (χ3n) is 3.15. The summed E-state index contributed by atoms with van der Waals surface area (Å²) in [5, 5.41) is 0.440. The lowest BCUT2D eigenvalue weighted by Gasteiger charge is -2.14. The van der Waals surface area contributed by atoms with Crippen LogP contribution in [0.2, 0.25) is 5.02 Å². The molecule has 2 aromatic carbocycles. The van der Waals surface area contributed by atoms with E-state index in [1.807, 2.05) is 12.1 Å². The highest BCUT2D eigenvalue weighted by Crippen LogP contribution is 2.37. The molecule has 0 aromatic heterocycles. The SMILES string of the molecule is CC(C)c1ccc(C(Br)c2c(F)cccc2Cl)cc1. The van der Waals surface area contributed by atoms with Crippen molar-refractivity contribution in [1.82, 2.24) is 0 Å². The average Bonchev–Trinajstić information content (AvgIpc) is 2.38. The zero-order valence-corrected chi connectivity index (χ0v) is 13.2. The number of halogens is 3. The number of rotatable bonds is 3. The molecule has 0 radical (unpaired) electrons. The van der Waals surface area contributed by atoms with E-state index >= 15 is 0 Å². The smallest absolute Gasteiger partial charge is 0.129 e. The molecule has 0 aliphatic heterocycles. The largest absolute Gasteiger partial charge is 0.207 e. The lowest BCUT2D eigenvalue weighted by Crippen LogP contribution is -1.98. The van der Waals surface area contributed by atoms with Gasteiger partial charge in [-0.25, -0.2) is 4.39 Å². The Hall–Kier alpha value is -0.860. The minimum atomic E-state index is -0.290. The Balaban J connectivity index is 2.36. The molecule has 0 fully saturated rings. The van der Waals surface area contributed by atoms with E-state index in [2.05, 4.69) is 41.9 Å². The Morgan fingerprint density at radius 3 is 2.11 bits per heavy atom. The van der Waals surface area contributed by atoms with Gasteiger partial charge < -0.3 is 0 Å². The molecule has 0 bridgehead atoms. The molecule has 0 amide bonds. The van der Waals surface area contributed by atoms with E-state index < -0.39 is 0 Å². The molecule has 19 heavy (non-hydrogen) atoms. The van der Waals surface area contributed by atoms with Crippen LogP contribution in [0.25, 0.3) is 0 Å². The number of hydrogen-bond acceptors (Lipinski definition) is 0. The Morgan fingerprint density at radius 1 is 1.00 bits per heavy atom. The monoisotopic (exact) mass is 340 g/mol. The standard InChI is InChI=1S/C16H15BrClF/c1-10(2)11-6-8-12(9-7-11)16(17)15-13(18)4-3-5-14(15)19/h3-10,16H,1-2H3. The molecule has 2 aromatic rings. The number of benzene rings is 2. The molecule has 0 saturated heterocycles. The van der Waals surface area contributed by atoms with E-state index in [1.54, 1.807) is 12.1 Å². The highest BCUT2D eigenvalue weighted by molar-refractivity contribution is 9.09. The van der Waals surface area contributed by atoms with Gasteiger partial charge in [0, 0.05) is 10.6 Å². The van der Waals surface area contributed by atoms with Crippen LogP contribution in [0.3, 0.4) is 0 Å². The first-order valence-electron chi connectivity index (χ1n) is 6.18. The van der Waals surface area contributed by atoms with Crippen molar-refractivity contribution in [2.75, 3.05) is 0 Å². The predicted octanol–water partition coefficient (Wildman–Crippen LogP) is 6.09. The van der Waals surface area contributed by atoms with E-state index in [1.165, 1.54) is 11.6 Å². The van der Waals surface area contributed by atoms with Crippen LogP contribution >= 0.6 is 27.5 Å². The van der Waals surface area contributed by atoms with Gasteiger partial charge in [-0.05, 0) is 29.2 Å². The molecule has 2 rings (SSSR count). The third kappa shape index (κ3) is 3.18. The van der Waals surface area contributed by atoms with E-state index in [4.69, 9.17) is 11.6 Å². The molecule has 3 heteroatoms. The Labute approximate surface area is 126 Å². The Bertz CT molecular complexity index is 543. The van der Waals surface area contributed by atoms with Crippen molar-refractivity contribution < 1.29 is 4.39 Å². The van der Waals surface area contributed by atoms with Gasteiger partial charge in [-0.3, -0.25) is 0 Å². The fraction of sp³-hybridized carbons (Fsp3) is 0.250. The quantitative estimate of drug-likeness (QED) is 0.593. The van der Waals surface area contributed by atoms with Crippen molar-refractivity contribution in [2.45, 2.75) is 24.6 Å². The molecule has 0 aliphatic carbocycles. The Morgan fingerprint density at radius 2 is 1.58 bits per heavy atom. The van der Waals surface area contributed by atoms with Crippen LogP contribution in [0.15, 0.2) is 42.5 Å². The summed E-state index contributed by atoms with van der Waals surface area (Å²) in [6, 6.07) is 12.9. The van der Waals surface area contributed by atoms with Gasteiger partial charge in [0.1, 0.15) is 5.82 Å². The second-order valence-electron chi connectivity index (χ2n) is 4.82. The molecule has 0 N–H and O–H groups in total. The molecular formula is C16H15BrClF. The van der Waals surface area contributed by atoms with Crippen LogP contribution in [-0.2, 0) is 0 Å². The summed E-state index contributed by atoms with van der Waals surface area (Å²) in [6.45, 7) is 4.29. The molecule has 1 unspecified atom stereocenters. The first-order chi connectivity index (χ1) is 9.00.